The van der Waals surface area contributed by atoms with Gasteiger partial charge < -0.3 is 14.3 Å². The Morgan fingerprint density at radius 3 is 2.62 bits per heavy atom. The second-order valence-electron chi connectivity index (χ2n) is 6.33. The van der Waals surface area contributed by atoms with E-state index in [2.05, 4.69) is 20.4 Å². The van der Waals surface area contributed by atoms with Crippen molar-refractivity contribution in [1.82, 2.24) is 15.1 Å². The maximum absolute atomic E-state index is 12.4. The first-order chi connectivity index (χ1) is 14.1. The molecule has 0 unspecified atom stereocenters. The molecule has 1 amide bonds. The Hall–Kier alpha value is -3.45. The Morgan fingerprint density at radius 2 is 1.86 bits per heavy atom. The second kappa shape index (κ2) is 8.28. The molecule has 2 heterocycles. The van der Waals surface area contributed by atoms with E-state index < -0.39 is 0 Å². The molecule has 146 valence electrons. The van der Waals surface area contributed by atoms with Crippen molar-refractivity contribution in [3.63, 3.8) is 0 Å². The van der Waals surface area contributed by atoms with Crippen LogP contribution in [0.5, 0.6) is 0 Å². The molecule has 0 saturated carbocycles. The highest BCUT2D eigenvalue weighted by molar-refractivity contribution is 6.33. The third kappa shape index (κ3) is 4.35. The molecule has 8 heteroatoms. The number of anilines is 1. The Bertz CT molecular complexity index is 1150. The van der Waals surface area contributed by atoms with Crippen LogP contribution in [0, 0.1) is 6.92 Å². The molecule has 1 N–H and O–H groups in total. The molecule has 0 spiro atoms. The number of nitrogens with one attached hydrogen (secondary N) is 1. The van der Waals surface area contributed by atoms with Crippen molar-refractivity contribution >= 4 is 23.2 Å². The summed E-state index contributed by atoms with van der Waals surface area (Å²) in [5.74, 6) is 1.76. The number of benzene rings is 2. The van der Waals surface area contributed by atoms with E-state index in [1.807, 2.05) is 36.4 Å². The van der Waals surface area contributed by atoms with Gasteiger partial charge in [0.05, 0.1) is 16.9 Å². The summed E-state index contributed by atoms with van der Waals surface area (Å²) in [5.41, 5.74) is 2.07. The third-order valence-electron chi connectivity index (χ3n) is 4.23. The van der Waals surface area contributed by atoms with Gasteiger partial charge in [-0.15, -0.1) is 0 Å². The monoisotopic (exact) mass is 408 g/mol. The number of nitrogens with zero attached hydrogens (tertiary/aromatic N) is 3. The van der Waals surface area contributed by atoms with Crippen LogP contribution >= 0.6 is 11.6 Å². The summed E-state index contributed by atoms with van der Waals surface area (Å²) in [6.07, 6.45) is 2.18. The van der Waals surface area contributed by atoms with Gasteiger partial charge >= 0.3 is 0 Å². The predicted octanol–water partition coefficient (Wildman–Crippen LogP) is 4.92. The maximum atomic E-state index is 12.4. The van der Waals surface area contributed by atoms with Crippen LogP contribution in [0.25, 0.3) is 22.7 Å². The van der Waals surface area contributed by atoms with Crippen LogP contribution in [0.15, 0.2) is 63.7 Å². The molecule has 0 atom stereocenters. The number of carbonyl (C=O) groups excluding carboxylic acids is 1. The number of aryl methyl sites for hydroxylation is 2. The van der Waals surface area contributed by atoms with Gasteiger partial charge in [-0.3, -0.25) is 4.79 Å². The number of halogens is 1. The summed E-state index contributed by atoms with van der Waals surface area (Å²) in [7, 11) is 0. The molecule has 0 bridgehead atoms. The summed E-state index contributed by atoms with van der Waals surface area (Å²) >= 11 is 6.18. The zero-order valence-corrected chi connectivity index (χ0v) is 16.3. The Morgan fingerprint density at radius 1 is 1.10 bits per heavy atom. The molecule has 0 radical (unpaired) electrons. The van der Waals surface area contributed by atoms with Gasteiger partial charge in [-0.1, -0.05) is 41.0 Å². The lowest BCUT2D eigenvalue weighted by molar-refractivity contribution is -0.116. The first kappa shape index (κ1) is 18.9. The number of para-hydroxylation sites is 1. The van der Waals surface area contributed by atoms with Crippen molar-refractivity contribution in [2.45, 2.75) is 19.8 Å². The van der Waals surface area contributed by atoms with Gasteiger partial charge in [0.2, 0.25) is 17.6 Å². The molecule has 0 fully saturated rings. The lowest BCUT2D eigenvalue weighted by Gasteiger charge is -2.08. The number of oxazole rings is 1. The standard InChI is InChI=1S/C21H17ClN4O3/c1-13-24-21(26-29-13)15-7-3-5-9-17(15)25-19(27)10-11-20-23-12-18(28-20)14-6-2-4-8-16(14)22/h2-9,12H,10-11H2,1H3,(H,25,27). The zero-order chi connectivity index (χ0) is 20.2. The smallest absolute Gasteiger partial charge is 0.224 e. The molecule has 2 aromatic heterocycles. The third-order valence-corrected chi connectivity index (χ3v) is 4.56. The van der Waals surface area contributed by atoms with Gasteiger partial charge in [-0.25, -0.2) is 4.98 Å². The Balaban J connectivity index is 1.41. The first-order valence-corrected chi connectivity index (χ1v) is 9.37. The van der Waals surface area contributed by atoms with E-state index in [4.69, 9.17) is 20.5 Å². The molecule has 0 saturated heterocycles. The molecule has 4 rings (SSSR count). The van der Waals surface area contributed by atoms with Gasteiger partial charge in [-0.05, 0) is 24.3 Å². The van der Waals surface area contributed by atoms with Crippen LogP contribution in [0.4, 0.5) is 5.69 Å². The van der Waals surface area contributed by atoms with E-state index >= 15 is 0 Å². The highest BCUT2D eigenvalue weighted by Gasteiger charge is 2.14. The molecule has 0 aliphatic rings. The molecule has 7 nitrogen and oxygen atoms in total. The van der Waals surface area contributed by atoms with Crippen molar-refractivity contribution < 1.29 is 13.7 Å². The number of amides is 1. The maximum Gasteiger partial charge on any atom is 0.224 e. The van der Waals surface area contributed by atoms with E-state index in [-0.39, 0.29) is 12.3 Å². The lowest BCUT2D eigenvalue weighted by atomic mass is 10.1. The van der Waals surface area contributed by atoms with Gasteiger partial charge in [0, 0.05) is 30.9 Å². The SMILES string of the molecule is Cc1nc(-c2ccccc2NC(=O)CCc2ncc(-c3ccccc3Cl)o2)no1. The minimum absolute atomic E-state index is 0.171. The van der Waals surface area contributed by atoms with Crippen LogP contribution in [-0.2, 0) is 11.2 Å². The van der Waals surface area contributed by atoms with Crippen LogP contribution in [0.1, 0.15) is 18.2 Å². The van der Waals surface area contributed by atoms with Crippen LogP contribution in [0.3, 0.4) is 0 Å². The van der Waals surface area contributed by atoms with Gasteiger partial charge in [0.25, 0.3) is 0 Å². The van der Waals surface area contributed by atoms with E-state index in [1.165, 1.54) is 0 Å². The minimum Gasteiger partial charge on any atom is -0.441 e. The largest absolute Gasteiger partial charge is 0.441 e. The summed E-state index contributed by atoms with van der Waals surface area (Å²) < 4.78 is 10.8. The zero-order valence-electron chi connectivity index (χ0n) is 15.6. The van der Waals surface area contributed by atoms with Crippen LogP contribution in [-0.4, -0.2) is 21.0 Å². The number of aromatic nitrogens is 3. The van der Waals surface area contributed by atoms with Crippen molar-refractivity contribution in [3.05, 3.63) is 71.5 Å². The van der Waals surface area contributed by atoms with Gasteiger partial charge in [0.1, 0.15) is 0 Å². The van der Waals surface area contributed by atoms with Crippen molar-refractivity contribution in [1.29, 1.82) is 0 Å². The van der Waals surface area contributed by atoms with Gasteiger partial charge in [-0.2, -0.15) is 4.98 Å². The van der Waals surface area contributed by atoms with Crippen molar-refractivity contribution in [2.75, 3.05) is 5.32 Å². The first-order valence-electron chi connectivity index (χ1n) is 8.99. The van der Waals surface area contributed by atoms with E-state index in [1.54, 1.807) is 25.3 Å². The predicted molar refractivity (Wildman–Crippen MR) is 108 cm³/mol. The highest BCUT2D eigenvalue weighted by atomic mass is 35.5. The minimum atomic E-state index is -0.171. The highest BCUT2D eigenvalue weighted by Crippen LogP contribution is 2.28. The fourth-order valence-electron chi connectivity index (χ4n) is 2.84. The fourth-order valence-corrected chi connectivity index (χ4v) is 3.07. The number of rotatable bonds is 6. The van der Waals surface area contributed by atoms with Crippen LogP contribution in [0.2, 0.25) is 5.02 Å². The molecule has 0 aliphatic heterocycles. The quantitative estimate of drug-likeness (QED) is 0.486. The average Bonchev–Trinajstić information content (AvgIpc) is 3.36. The topological polar surface area (TPSA) is 94.1 Å². The Labute approximate surface area is 171 Å². The van der Waals surface area contributed by atoms with Gasteiger partial charge in [0.15, 0.2) is 11.7 Å². The normalized spacial score (nSPS) is 10.8. The average molecular weight is 409 g/mol. The molecule has 2 aromatic carbocycles. The summed E-state index contributed by atoms with van der Waals surface area (Å²) in [6, 6.07) is 14.7. The second-order valence-corrected chi connectivity index (χ2v) is 6.74. The molecular weight excluding hydrogens is 392 g/mol. The molecular formula is C21H17ClN4O3. The van der Waals surface area contributed by atoms with Crippen molar-refractivity contribution in [3.8, 4) is 22.7 Å². The molecule has 4 aromatic rings. The van der Waals surface area contributed by atoms with E-state index in [9.17, 15) is 4.79 Å². The Kier molecular flexibility index (Phi) is 5.39. The number of hydrogen-bond acceptors (Lipinski definition) is 6. The number of hydrogen-bond donors (Lipinski definition) is 1. The molecule has 0 aliphatic carbocycles. The summed E-state index contributed by atoms with van der Waals surface area (Å²) in [5, 5.41) is 7.38. The molecule has 29 heavy (non-hydrogen) atoms. The van der Waals surface area contributed by atoms with Crippen molar-refractivity contribution in [2.24, 2.45) is 0 Å². The van der Waals surface area contributed by atoms with E-state index in [0.29, 0.717) is 46.1 Å². The summed E-state index contributed by atoms with van der Waals surface area (Å²) in [4.78, 5) is 20.9. The lowest BCUT2D eigenvalue weighted by Crippen LogP contribution is -2.13. The van der Waals surface area contributed by atoms with Crippen LogP contribution < -0.4 is 5.32 Å². The number of carbonyl (C=O) groups is 1. The van der Waals surface area contributed by atoms with E-state index in [0.717, 1.165) is 5.56 Å². The summed E-state index contributed by atoms with van der Waals surface area (Å²) in [6.45, 7) is 1.71. The fraction of sp³-hybridized carbons (Fsp3) is 0.143.